The summed E-state index contributed by atoms with van der Waals surface area (Å²) in [5.41, 5.74) is 1.43. The first kappa shape index (κ1) is 12.6. The van der Waals surface area contributed by atoms with Crippen molar-refractivity contribution in [2.45, 2.75) is 39.4 Å². The average molecular weight is 232 g/mol. The Hall–Kier alpha value is -0.860. The van der Waals surface area contributed by atoms with Gasteiger partial charge in [-0.1, -0.05) is 37.3 Å². The molecule has 1 aliphatic heterocycles. The molecule has 0 aromatic heterocycles. The van der Waals surface area contributed by atoms with Crippen molar-refractivity contribution in [3.63, 3.8) is 0 Å². The van der Waals surface area contributed by atoms with Gasteiger partial charge in [0.1, 0.15) is 0 Å². The first-order valence-corrected chi connectivity index (χ1v) is 6.72. The van der Waals surface area contributed by atoms with E-state index in [2.05, 4.69) is 60.9 Å². The highest BCUT2D eigenvalue weighted by Crippen LogP contribution is 2.18. The van der Waals surface area contributed by atoms with Crippen molar-refractivity contribution in [3.05, 3.63) is 35.9 Å². The lowest BCUT2D eigenvalue weighted by Gasteiger charge is -2.44. The van der Waals surface area contributed by atoms with E-state index in [1.807, 2.05) is 0 Å². The Bertz CT molecular complexity index is 324. The second-order valence-electron chi connectivity index (χ2n) is 5.21. The molecule has 0 amide bonds. The monoisotopic (exact) mass is 232 g/mol. The van der Waals surface area contributed by atoms with E-state index < -0.39 is 0 Å². The van der Waals surface area contributed by atoms with Gasteiger partial charge in [-0.3, -0.25) is 4.90 Å². The smallest absolute Gasteiger partial charge is 0.0240 e. The Labute approximate surface area is 105 Å². The molecule has 94 valence electrons. The van der Waals surface area contributed by atoms with Crippen LogP contribution in [-0.2, 0) is 6.54 Å². The molecule has 0 N–H and O–H groups in total. The topological polar surface area (TPSA) is 6.48 Å². The number of nitrogens with zero attached hydrogens (tertiary/aromatic N) is 2. The van der Waals surface area contributed by atoms with Gasteiger partial charge in [0.25, 0.3) is 0 Å². The Balaban J connectivity index is 2.01. The molecule has 1 fully saturated rings. The van der Waals surface area contributed by atoms with Crippen LogP contribution in [0.5, 0.6) is 0 Å². The minimum absolute atomic E-state index is 0.652. The van der Waals surface area contributed by atoms with E-state index in [9.17, 15) is 0 Å². The zero-order valence-corrected chi connectivity index (χ0v) is 11.3. The molecule has 2 rings (SSSR count). The third-order valence-electron chi connectivity index (χ3n) is 3.83. The molecule has 0 radical (unpaired) electrons. The van der Waals surface area contributed by atoms with Crippen LogP contribution in [0, 0.1) is 0 Å². The summed E-state index contributed by atoms with van der Waals surface area (Å²) in [4.78, 5) is 5.18. The maximum atomic E-state index is 2.63. The molecule has 2 atom stereocenters. The molecule has 2 heteroatoms. The van der Waals surface area contributed by atoms with Gasteiger partial charge < -0.3 is 4.90 Å². The van der Waals surface area contributed by atoms with E-state index in [-0.39, 0.29) is 0 Å². The summed E-state index contributed by atoms with van der Waals surface area (Å²) in [5.74, 6) is 0. The Morgan fingerprint density at radius 2 is 1.65 bits per heavy atom. The van der Waals surface area contributed by atoms with Crippen molar-refractivity contribution in [3.8, 4) is 0 Å². The fraction of sp³-hybridized carbons (Fsp3) is 0.600. The average Bonchev–Trinajstić information content (AvgIpc) is 2.35. The number of hydrogen-bond acceptors (Lipinski definition) is 2. The van der Waals surface area contributed by atoms with Crippen molar-refractivity contribution in [1.82, 2.24) is 9.80 Å². The maximum Gasteiger partial charge on any atom is 0.0240 e. The molecule has 1 unspecified atom stereocenters. The first-order chi connectivity index (χ1) is 8.20. The molecule has 0 aliphatic carbocycles. The largest absolute Gasteiger partial charge is 0.301 e. The van der Waals surface area contributed by atoms with Crippen molar-refractivity contribution >= 4 is 0 Å². The molecule has 2 nitrogen and oxygen atoms in total. The summed E-state index contributed by atoms with van der Waals surface area (Å²) in [7, 11) is 0. The van der Waals surface area contributed by atoms with Gasteiger partial charge in [-0.05, 0) is 26.0 Å². The highest BCUT2D eigenvalue weighted by Gasteiger charge is 2.28. The lowest BCUT2D eigenvalue weighted by atomic mass is 10.1. The molecule has 0 spiro atoms. The molecule has 0 bridgehead atoms. The van der Waals surface area contributed by atoms with Crippen LogP contribution in [-0.4, -0.2) is 41.5 Å². The van der Waals surface area contributed by atoms with Crippen LogP contribution in [0.4, 0.5) is 0 Å². The van der Waals surface area contributed by atoms with Crippen molar-refractivity contribution < 1.29 is 0 Å². The van der Waals surface area contributed by atoms with Crippen LogP contribution in [0.25, 0.3) is 0 Å². The standard InChI is InChI=1S/C15H24N2/c1-4-16-10-13(2)17(14(3)11-16)12-15-8-6-5-7-9-15/h5-9,13-14H,4,10-12H2,1-3H3/t13-,14?/m0/s1. The third kappa shape index (κ3) is 3.08. The summed E-state index contributed by atoms with van der Waals surface area (Å²) in [6, 6.07) is 12.1. The second kappa shape index (κ2) is 5.65. The normalized spacial score (nSPS) is 27.2. The van der Waals surface area contributed by atoms with Crippen LogP contribution >= 0.6 is 0 Å². The number of likely N-dealkylation sites (N-methyl/N-ethyl adjacent to an activating group) is 1. The highest BCUT2D eigenvalue weighted by atomic mass is 15.3. The van der Waals surface area contributed by atoms with E-state index >= 15 is 0 Å². The van der Waals surface area contributed by atoms with Gasteiger partial charge >= 0.3 is 0 Å². The number of benzene rings is 1. The predicted octanol–water partition coefficient (Wildman–Crippen LogP) is 2.60. The molecule has 0 saturated carbocycles. The molecule has 1 aromatic rings. The quantitative estimate of drug-likeness (QED) is 0.790. The van der Waals surface area contributed by atoms with E-state index in [1.165, 1.54) is 25.2 Å². The van der Waals surface area contributed by atoms with Gasteiger partial charge in [-0.2, -0.15) is 0 Å². The fourth-order valence-corrected chi connectivity index (χ4v) is 2.83. The number of piperazine rings is 1. The molecular formula is C15H24N2. The third-order valence-corrected chi connectivity index (χ3v) is 3.83. The van der Waals surface area contributed by atoms with Crippen molar-refractivity contribution in [1.29, 1.82) is 0 Å². The van der Waals surface area contributed by atoms with Gasteiger partial charge in [0, 0.05) is 31.7 Å². The van der Waals surface area contributed by atoms with E-state index in [4.69, 9.17) is 0 Å². The Kier molecular flexibility index (Phi) is 4.19. The predicted molar refractivity (Wildman–Crippen MR) is 73.0 cm³/mol. The Morgan fingerprint density at radius 1 is 1.06 bits per heavy atom. The molecule has 1 aromatic carbocycles. The lowest BCUT2D eigenvalue weighted by Crippen LogP contribution is -2.55. The highest BCUT2D eigenvalue weighted by molar-refractivity contribution is 5.15. The zero-order chi connectivity index (χ0) is 12.3. The maximum absolute atomic E-state index is 2.63. The molecule has 1 heterocycles. The second-order valence-corrected chi connectivity index (χ2v) is 5.21. The van der Waals surface area contributed by atoms with Crippen LogP contribution in [0.2, 0.25) is 0 Å². The van der Waals surface area contributed by atoms with Crippen LogP contribution in [0.1, 0.15) is 26.3 Å². The zero-order valence-electron chi connectivity index (χ0n) is 11.3. The fourth-order valence-electron chi connectivity index (χ4n) is 2.83. The summed E-state index contributed by atoms with van der Waals surface area (Å²) in [6.45, 7) is 11.6. The summed E-state index contributed by atoms with van der Waals surface area (Å²) < 4.78 is 0. The molecule has 1 aliphatic rings. The summed E-state index contributed by atoms with van der Waals surface area (Å²) in [6.07, 6.45) is 0. The van der Waals surface area contributed by atoms with E-state index in [0.717, 1.165) is 6.54 Å². The minimum Gasteiger partial charge on any atom is -0.301 e. The SMILES string of the molecule is CCN1CC(C)N(Cc2ccccc2)[C@@H](C)C1. The van der Waals surface area contributed by atoms with E-state index in [0.29, 0.717) is 12.1 Å². The van der Waals surface area contributed by atoms with Gasteiger partial charge in [-0.15, -0.1) is 0 Å². The number of rotatable bonds is 3. The van der Waals surface area contributed by atoms with Crippen molar-refractivity contribution in [2.75, 3.05) is 19.6 Å². The lowest BCUT2D eigenvalue weighted by molar-refractivity contribution is 0.0356. The molecule has 1 saturated heterocycles. The van der Waals surface area contributed by atoms with E-state index in [1.54, 1.807) is 0 Å². The Morgan fingerprint density at radius 3 is 2.18 bits per heavy atom. The van der Waals surface area contributed by atoms with Crippen LogP contribution < -0.4 is 0 Å². The molecule has 17 heavy (non-hydrogen) atoms. The number of hydrogen-bond donors (Lipinski definition) is 0. The van der Waals surface area contributed by atoms with Gasteiger partial charge in [0.15, 0.2) is 0 Å². The summed E-state index contributed by atoms with van der Waals surface area (Å²) >= 11 is 0. The van der Waals surface area contributed by atoms with Gasteiger partial charge in [0.05, 0.1) is 0 Å². The van der Waals surface area contributed by atoms with Crippen molar-refractivity contribution in [2.24, 2.45) is 0 Å². The van der Waals surface area contributed by atoms with Gasteiger partial charge in [-0.25, -0.2) is 0 Å². The summed E-state index contributed by atoms with van der Waals surface area (Å²) in [5, 5.41) is 0. The molecular weight excluding hydrogens is 208 g/mol. The first-order valence-electron chi connectivity index (χ1n) is 6.72. The minimum atomic E-state index is 0.652. The van der Waals surface area contributed by atoms with Gasteiger partial charge in [0.2, 0.25) is 0 Å². The van der Waals surface area contributed by atoms with Crippen LogP contribution in [0.15, 0.2) is 30.3 Å². The van der Waals surface area contributed by atoms with Crippen LogP contribution in [0.3, 0.4) is 0 Å².